The normalized spacial score (nSPS) is 16.6. The van der Waals surface area contributed by atoms with Gasteiger partial charge < -0.3 is 15.0 Å². The number of ether oxygens (including phenoxy) is 1. The minimum absolute atomic E-state index is 0.0378. The van der Waals surface area contributed by atoms with E-state index < -0.39 is 23.4 Å². The Bertz CT molecular complexity index is 1290. The zero-order valence-corrected chi connectivity index (χ0v) is 20.2. The number of nitrogens with one attached hydrogen (secondary N) is 1. The lowest BCUT2D eigenvalue weighted by atomic mass is 9.93. The highest BCUT2D eigenvalue weighted by Gasteiger charge is 2.49. The van der Waals surface area contributed by atoms with Crippen LogP contribution in [0.1, 0.15) is 28.8 Å². The SMILES string of the molecule is O=C(Nc1ccc(Br)cc1F)N1CCC2(CC1)Oc1ccccc1C(=O)N2Cc1ccccc1F. The number of likely N-dealkylation sites (tertiary alicyclic amines) is 1. The molecule has 3 aromatic carbocycles. The number of anilines is 1. The summed E-state index contributed by atoms with van der Waals surface area (Å²) < 4.78 is 35.6. The van der Waals surface area contributed by atoms with Crippen molar-refractivity contribution in [3.05, 3.63) is 94.0 Å². The van der Waals surface area contributed by atoms with Gasteiger partial charge in [0.1, 0.15) is 17.4 Å². The Morgan fingerprint density at radius 1 is 1.00 bits per heavy atom. The second-order valence-corrected chi connectivity index (χ2v) is 9.48. The summed E-state index contributed by atoms with van der Waals surface area (Å²) >= 11 is 3.20. The van der Waals surface area contributed by atoms with Crippen molar-refractivity contribution >= 4 is 33.6 Å². The van der Waals surface area contributed by atoms with Gasteiger partial charge in [0.15, 0.2) is 5.72 Å². The highest BCUT2D eigenvalue weighted by atomic mass is 79.9. The number of hydrogen-bond acceptors (Lipinski definition) is 3. The highest BCUT2D eigenvalue weighted by molar-refractivity contribution is 9.10. The summed E-state index contributed by atoms with van der Waals surface area (Å²) in [6.07, 6.45) is 0.634. The zero-order chi connectivity index (χ0) is 24.6. The lowest BCUT2D eigenvalue weighted by Gasteiger charge is -2.50. The summed E-state index contributed by atoms with van der Waals surface area (Å²) in [7, 11) is 0. The number of rotatable bonds is 3. The molecule has 1 fully saturated rings. The molecule has 0 aliphatic carbocycles. The molecule has 9 heteroatoms. The minimum Gasteiger partial charge on any atom is -0.467 e. The predicted molar refractivity (Wildman–Crippen MR) is 130 cm³/mol. The second kappa shape index (κ2) is 9.30. The van der Waals surface area contributed by atoms with Gasteiger partial charge in [-0.2, -0.15) is 0 Å². The monoisotopic (exact) mass is 541 g/mol. The maximum absolute atomic E-state index is 14.5. The van der Waals surface area contributed by atoms with Gasteiger partial charge in [-0.15, -0.1) is 0 Å². The van der Waals surface area contributed by atoms with Crippen molar-refractivity contribution in [1.82, 2.24) is 9.80 Å². The van der Waals surface area contributed by atoms with E-state index in [0.29, 0.717) is 34.2 Å². The van der Waals surface area contributed by atoms with E-state index in [2.05, 4.69) is 21.2 Å². The summed E-state index contributed by atoms with van der Waals surface area (Å²) in [5, 5.41) is 2.60. The van der Waals surface area contributed by atoms with Crippen LogP contribution in [0.2, 0.25) is 0 Å². The Morgan fingerprint density at radius 2 is 1.71 bits per heavy atom. The van der Waals surface area contributed by atoms with E-state index in [9.17, 15) is 18.4 Å². The van der Waals surface area contributed by atoms with Crippen LogP contribution in [0, 0.1) is 11.6 Å². The van der Waals surface area contributed by atoms with Gasteiger partial charge in [-0.25, -0.2) is 13.6 Å². The van der Waals surface area contributed by atoms with Gasteiger partial charge in [-0.3, -0.25) is 9.69 Å². The molecular formula is C26H22BrF2N3O3. The number of halogens is 3. The Labute approximate surface area is 209 Å². The average Bonchev–Trinajstić information content (AvgIpc) is 2.85. The number of fused-ring (bicyclic) bond motifs is 1. The van der Waals surface area contributed by atoms with E-state index in [1.165, 1.54) is 18.2 Å². The number of para-hydroxylation sites is 1. The summed E-state index contributed by atoms with van der Waals surface area (Å²) in [5.41, 5.74) is -0.153. The lowest BCUT2D eigenvalue weighted by Crippen LogP contribution is -2.63. The number of amides is 3. The first kappa shape index (κ1) is 23.3. The van der Waals surface area contributed by atoms with Crippen LogP contribution in [0.4, 0.5) is 19.3 Å². The Morgan fingerprint density at radius 3 is 2.46 bits per heavy atom. The first-order chi connectivity index (χ1) is 16.9. The number of carbonyl (C=O) groups excluding carboxylic acids is 2. The van der Waals surface area contributed by atoms with E-state index >= 15 is 0 Å². The van der Waals surface area contributed by atoms with Crippen LogP contribution in [-0.4, -0.2) is 40.6 Å². The van der Waals surface area contributed by atoms with Crippen molar-refractivity contribution in [3.63, 3.8) is 0 Å². The summed E-state index contributed by atoms with van der Waals surface area (Å²) in [4.78, 5) is 29.5. The fraction of sp³-hybridized carbons (Fsp3) is 0.231. The molecule has 0 unspecified atom stereocenters. The van der Waals surface area contributed by atoms with E-state index in [4.69, 9.17) is 4.74 Å². The summed E-state index contributed by atoms with van der Waals surface area (Å²) in [5.74, 6) is -0.722. The van der Waals surface area contributed by atoms with Gasteiger partial charge in [-0.05, 0) is 36.4 Å². The van der Waals surface area contributed by atoms with E-state index in [0.717, 1.165) is 0 Å². The van der Waals surface area contributed by atoms with Crippen LogP contribution >= 0.6 is 15.9 Å². The molecule has 6 nitrogen and oxygen atoms in total. The molecule has 3 aromatic rings. The van der Waals surface area contributed by atoms with Crippen LogP contribution in [0.15, 0.2) is 71.2 Å². The fourth-order valence-electron chi connectivity index (χ4n) is 4.55. The average molecular weight is 542 g/mol. The maximum atomic E-state index is 14.5. The summed E-state index contributed by atoms with van der Waals surface area (Å²) in [6.45, 7) is 0.580. The third-order valence-electron chi connectivity index (χ3n) is 6.45. The molecule has 1 saturated heterocycles. The lowest BCUT2D eigenvalue weighted by molar-refractivity contribution is -0.109. The molecule has 2 aliphatic heterocycles. The van der Waals surface area contributed by atoms with Crippen molar-refractivity contribution in [1.29, 1.82) is 0 Å². The molecule has 0 saturated carbocycles. The van der Waals surface area contributed by atoms with Gasteiger partial charge in [0.25, 0.3) is 5.91 Å². The van der Waals surface area contributed by atoms with Crippen molar-refractivity contribution < 1.29 is 23.1 Å². The number of benzene rings is 3. The molecule has 0 radical (unpaired) electrons. The molecule has 2 heterocycles. The number of piperidine rings is 1. The molecule has 1 N–H and O–H groups in total. The number of urea groups is 1. The topological polar surface area (TPSA) is 61.9 Å². The molecule has 0 atom stereocenters. The standard InChI is InChI=1S/C26H22BrF2N3O3/c27-18-9-10-22(21(29)15-18)30-25(34)31-13-11-26(12-14-31)32(16-17-5-1-3-7-20(17)28)24(33)19-6-2-4-8-23(19)35-26/h1-10,15H,11-14,16H2,(H,30,34). The van der Waals surface area contributed by atoms with Crippen LogP contribution < -0.4 is 10.1 Å². The van der Waals surface area contributed by atoms with Crippen molar-refractivity contribution in [2.24, 2.45) is 0 Å². The smallest absolute Gasteiger partial charge is 0.321 e. The van der Waals surface area contributed by atoms with E-state index in [1.807, 2.05) is 0 Å². The molecule has 35 heavy (non-hydrogen) atoms. The molecule has 2 aliphatic rings. The molecule has 0 aromatic heterocycles. The Hall–Kier alpha value is -3.46. The molecule has 1 spiro atoms. The second-order valence-electron chi connectivity index (χ2n) is 8.57. The third kappa shape index (κ3) is 4.48. The minimum atomic E-state index is -1.03. The van der Waals surface area contributed by atoms with E-state index in [-0.39, 0.29) is 31.2 Å². The van der Waals surface area contributed by atoms with Crippen molar-refractivity contribution in [2.75, 3.05) is 18.4 Å². The predicted octanol–water partition coefficient (Wildman–Crippen LogP) is 5.79. The fourth-order valence-corrected chi connectivity index (χ4v) is 4.88. The van der Waals surface area contributed by atoms with Gasteiger partial charge >= 0.3 is 6.03 Å². The van der Waals surface area contributed by atoms with Gasteiger partial charge in [0, 0.05) is 36.0 Å². The molecule has 5 rings (SSSR count). The molecule has 3 amide bonds. The Kier molecular flexibility index (Phi) is 6.19. The van der Waals surface area contributed by atoms with Crippen molar-refractivity contribution in [3.8, 4) is 5.75 Å². The van der Waals surface area contributed by atoms with Gasteiger partial charge in [0.2, 0.25) is 0 Å². The van der Waals surface area contributed by atoms with Gasteiger partial charge in [-0.1, -0.05) is 46.3 Å². The largest absolute Gasteiger partial charge is 0.467 e. The highest BCUT2D eigenvalue weighted by Crippen LogP contribution is 2.40. The van der Waals surface area contributed by atoms with Crippen LogP contribution in [0.25, 0.3) is 0 Å². The van der Waals surface area contributed by atoms with Gasteiger partial charge in [0.05, 0.1) is 17.8 Å². The first-order valence-corrected chi connectivity index (χ1v) is 12.0. The number of carbonyl (C=O) groups is 2. The van der Waals surface area contributed by atoms with Crippen LogP contribution in [0.3, 0.4) is 0 Å². The quantitative estimate of drug-likeness (QED) is 0.456. The number of nitrogens with zero attached hydrogens (tertiary/aromatic N) is 2. The molecular weight excluding hydrogens is 520 g/mol. The van der Waals surface area contributed by atoms with Crippen molar-refractivity contribution in [2.45, 2.75) is 25.1 Å². The third-order valence-corrected chi connectivity index (χ3v) is 6.94. The van der Waals surface area contributed by atoms with E-state index in [1.54, 1.807) is 58.3 Å². The van der Waals surface area contributed by atoms with Crippen LogP contribution in [-0.2, 0) is 6.54 Å². The Balaban J connectivity index is 1.38. The zero-order valence-electron chi connectivity index (χ0n) is 18.6. The molecule has 180 valence electrons. The maximum Gasteiger partial charge on any atom is 0.321 e. The number of hydrogen-bond donors (Lipinski definition) is 1. The summed E-state index contributed by atoms with van der Waals surface area (Å²) in [6, 6.07) is 17.3. The van der Waals surface area contributed by atoms with Crippen LogP contribution in [0.5, 0.6) is 5.75 Å². The molecule has 0 bridgehead atoms. The first-order valence-electron chi connectivity index (χ1n) is 11.2.